The van der Waals surface area contributed by atoms with Crippen LogP contribution in [0.15, 0.2) is 0 Å². The lowest BCUT2D eigenvalue weighted by molar-refractivity contribution is 0.0724. The van der Waals surface area contributed by atoms with E-state index in [0.717, 1.165) is 31.2 Å². The first-order valence-electron chi connectivity index (χ1n) is 8.40. The number of hydrogen-bond acceptors (Lipinski definition) is 3. The third-order valence-electron chi connectivity index (χ3n) is 4.88. The molecule has 3 nitrogen and oxygen atoms in total. The van der Waals surface area contributed by atoms with Gasteiger partial charge in [0.25, 0.3) is 0 Å². The fourth-order valence-electron chi connectivity index (χ4n) is 3.69. The van der Waals surface area contributed by atoms with E-state index < -0.39 is 0 Å². The van der Waals surface area contributed by atoms with Gasteiger partial charge in [-0.2, -0.15) is 0 Å². The average Bonchev–Trinajstić information content (AvgIpc) is 2.34. The van der Waals surface area contributed by atoms with E-state index in [2.05, 4.69) is 51.8 Å². The second kappa shape index (κ2) is 7.77. The van der Waals surface area contributed by atoms with Gasteiger partial charge in [0.15, 0.2) is 0 Å². The highest BCUT2D eigenvalue weighted by Crippen LogP contribution is 2.27. The molecule has 0 saturated carbocycles. The Labute approximate surface area is 126 Å². The Morgan fingerprint density at radius 2 is 1.95 bits per heavy atom. The minimum absolute atomic E-state index is 0.135. The molecular formula is C17H36N2O. The largest absolute Gasteiger partial charge is 0.394 e. The van der Waals surface area contributed by atoms with Crippen LogP contribution in [-0.4, -0.2) is 47.3 Å². The number of rotatable bonds is 7. The highest BCUT2D eigenvalue weighted by molar-refractivity contribution is 4.86. The van der Waals surface area contributed by atoms with Crippen LogP contribution < -0.4 is 5.32 Å². The summed E-state index contributed by atoms with van der Waals surface area (Å²) in [5.41, 5.74) is -0.135. The highest BCUT2D eigenvalue weighted by Gasteiger charge is 2.29. The minimum atomic E-state index is -0.135. The van der Waals surface area contributed by atoms with Crippen molar-refractivity contribution in [3.8, 4) is 0 Å². The number of likely N-dealkylation sites (tertiary alicyclic amines) is 1. The van der Waals surface area contributed by atoms with Crippen LogP contribution in [0.25, 0.3) is 0 Å². The lowest BCUT2D eigenvalue weighted by atomic mass is 9.85. The molecule has 120 valence electrons. The van der Waals surface area contributed by atoms with Crippen molar-refractivity contribution >= 4 is 0 Å². The van der Waals surface area contributed by atoms with Crippen LogP contribution in [0.4, 0.5) is 0 Å². The maximum absolute atomic E-state index is 9.63. The summed E-state index contributed by atoms with van der Waals surface area (Å²) < 4.78 is 0. The van der Waals surface area contributed by atoms with E-state index in [1.807, 2.05) is 0 Å². The molecule has 3 heteroatoms. The second-order valence-electron chi connectivity index (χ2n) is 7.68. The first-order valence-corrected chi connectivity index (χ1v) is 8.40. The zero-order valence-electron chi connectivity index (χ0n) is 14.4. The first kappa shape index (κ1) is 17.9. The molecule has 1 fully saturated rings. The van der Waals surface area contributed by atoms with Crippen molar-refractivity contribution in [1.82, 2.24) is 10.2 Å². The number of nitrogens with one attached hydrogen (secondary N) is 1. The van der Waals surface area contributed by atoms with E-state index in [0.29, 0.717) is 12.1 Å². The lowest BCUT2D eigenvalue weighted by Gasteiger charge is -2.41. The SMILES string of the molecule is CC1CC(C)C(C)N(CCCC(C)(CO)NC(C)C)C1. The van der Waals surface area contributed by atoms with Crippen LogP contribution in [0, 0.1) is 11.8 Å². The van der Waals surface area contributed by atoms with Crippen molar-refractivity contribution in [3.05, 3.63) is 0 Å². The zero-order valence-corrected chi connectivity index (χ0v) is 14.4. The monoisotopic (exact) mass is 284 g/mol. The van der Waals surface area contributed by atoms with Crippen molar-refractivity contribution in [3.63, 3.8) is 0 Å². The number of nitrogens with zero attached hydrogens (tertiary/aromatic N) is 1. The van der Waals surface area contributed by atoms with Crippen LogP contribution in [-0.2, 0) is 0 Å². The summed E-state index contributed by atoms with van der Waals surface area (Å²) in [4.78, 5) is 2.64. The van der Waals surface area contributed by atoms with Crippen molar-refractivity contribution < 1.29 is 5.11 Å². The molecule has 1 aliphatic rings. The summed E-state index contributed by atoms with van der Waals surface area (Å²) in [6.07, 6.45) is 3.55. The Balaban J connectivity index is 2.42. The lowest BCUT2D eigenvalue weighted by Crippen LogP contribution is -2.50. The van der Waals surface area contributed by atoms with E-state index in [-0.39, 0.29) is 12.1 Å². The second-order valence-corrected chi connectivity index (χ2v) is 7.68. The predicted octanol–water partition coefficient (Wildman–Crippen LogP) is 2.88. The molecule has 1 rings (SSSR count). The fraction of sp³-hybridized carbons (Fsp3) is 1.00. The van der Waals surface area contributed by atoms with Gasteiger partial charge in [-0.1, -0.05) is 27.7 Å². The molecule has 2 N–H and O–H groups in total. The molecule has 1 aliphatic heterocycles. The van der Waals surface area contributed by atoms with Gasteiger partial charge >= 0.3 is 0 Å². The molecule has 20 heavy (non-hydrogen) atoms. The molecular weight excluding hydrogens is 248 g/mol. The topological polar surface area (TPSA) is 35.5 Å². The van der Waals surface area contributed by atoms with Crippen LogP contribution in [0.1, 0.15) is 60.8 Å². The Morgan fingerprint density at radius 3 is 2.50 bits per heavy atom. The molecule has 0 aliphatic carbocycles. The van der Waals surface area contributed by atoms with Gasteiger partial charge in [0.2, 0.25) is 0 Å². The third-order valence-corrected chi connectivity index (χ3v) is 4.88. The van der Waals surface area contributed by atoms with E-state index in [9.17, 15) is 5.11 Å². The third kappa shape index (κ3) is 5.34. The summed E-state index contributed by atoms with van der Waals surface area (Å²) in [5, 5.41) is 13.1. The smallest absolute Gasteiger partial charge is 0.0610 e. The van der Waals surface area contributed by atoms with E-state index in [1.54, 1.807) is 0 Å². The molecule has 0 bridgehead atoms. The number of aliphatic hydroxyl groups excluding tert-OH is 1. The fourth-order valence-corrected chi connectivity index (χ4v) is 3.69. The van der Waals surface area contributed by atoms with Gasteiger partial charge in [0.05, 0.1) is 6.61 Å². The van der Waals surface area contributed by atoms with Gasteiger partial charge in [0.1, 0.15) is 0 Å². The molecule has 1 saturated heterocycles. The molecule has 4 atom stereocenters. The summed E-state index contributed by atoms with van der Waals surface area (Å²) in [6, 6.07) is 1.12. The maximum atomic E-state index is 9.63. The van der Waals surface area contributed by atoms with Crippen molar-refractivity contribution in [2.45, 2.75) is 78.4 Å². The standard InChI is InChI=1S/C17H36N2O/c1-13(2)18-17(6,12-20)8-7-9-19-11-14(3)10-15(4)16(19)5/h13-16,18,20H,7-12H2,1-6H3. The molecule has 1 heterocycles. The van der Waals surface area contributed by atoms with Crippen molar-refractivity contribution in [2.24, 2.45) is 11.8 Å². The molecule has 0 radical (unpaired) electrons. The van der Waals surface area contributed by atoms with Crippen LogP contribution in [0.2, 0.25) is 0 Å². The van der Waals surface area contributed by atoms with Gasteiger partial charge in [-0.25, -0.2) is 0 Å². The highest BCUT2D eigenvalue weighted by atomic mass is 16.3. The summed E-state index contributed by atoms with van der Waals surface area (Å²) in [6.45, 7) is 16.1. The Morgan fingerprint density at radius 1 is 1.30 bits per heavy atom. The maximum Gasteiger partial charge on any atom is 0.0610 e. The van der Waals surface area contributed by atoms with Crippen LogP contribution >= 0.6 is 0 Å². The van der Waals surface area contributed by atoms with E-state index in [1.165, 1.54) is 13.0 Å². The number of aliphatic hydroxyl groups is 1. The van der Waals surface area contributed by atoms with Crippen LogP contribution in [0.5, 0.6) is 0 Å². The van der Waals surface area contributed by atoms with Gasteiger partial charge in [-0.05, 0) is 51.5 Å². The average molecular weight is 284 g/mol. The van der Waals surface area contributed by atoms with Gasteiger partial charge < -0.3 is 15.3 Å². The summed E-state index contributed by atoms with van der Waals surface area (Å²) in [5.74, 6) is 1.62. The Bertz CT molecular complexity index is 282. The van der Waals surface area contributed by atoms with Gasteiger partial charge in [-0.3, -0.25) is 0 Å². The van der Waals surface area contributed by atoms with Gasteiger partial charge in [-0.15, -0.1) is 0 Å². The number of hydrogen-bond donors (Lipinski definition) is 2. The normalized spacial score (nSPS) is 31.5. The van der Waals surface area contributed by atoms with Crippen molar-refractivity contribution in [1.29, 1.82) is 0 Å². The summed E-state index contributed by atoms with van der Waals surface area (Å²) in [7, 11) is 0. The van der Waals surface area contributed by atoms with Crippen molar-refractivity contribution in [2.75, 3.05) is 19.7 Å². The Hall–Kier alpha value is -0.120. The van der Waals surface area contributed by atoms with E-state index in [4.69, 9.17) is 0 Å². The van der Waals surface area contributed by atoms with Crippen LogP contribution in [0.3, 0.4) is 0 Å². The molecule has 0 aromatic rings. The van der Waals surface area contributed by atoms with Gasteiger partial charge in [0, 0.05) is 24.2 Å². The quantitative estimate of drug-likeness (QED) is 0.754. The number of piperidine rings is 1. The minimum Gasteiger partial charge on any atom is -0.394 e. The first-order chi connectivity index (χ1) is 9.27. The summed E-state index contributed by atoms with van der Waals surface area (Å²) >= 11 is 0. The Kier molecular flexibility index (Phi) is 6.96. The predicted molar refractivity (Wildman–Crippen MR) is 87.0 cm³/mol. The van der Waals surface area contributed by atoms with E-state index >= 15 is 0 Å². The molecule has 4 unspecified atom stereocenters. The molecule has 0 aromatic carbocycles. The molecule has 0 aromatic heterocycles. The molecule has 0 spiro atoms. The zero-order chi connectivity index (χ0) is 15.3. The molecule has 0 amide bonds.